The average Bonchev–Trinajstić information content (AvgIpc) is 2.51. The van der Waals surface area contributed by atoms with Crippen LogP contribution in [0.3, 0.4) is 0 Å². The summed E-state index contributed by atoms with van der Waals surface area (Å²) in [7, 11) is -0.428. The Labute approximate surface area is 133 Å². The molecule has 4 nitrogen and oxygen atoms in total. The van der Waals surface area contributed by atoms with Crippen LogP contribution in [0.15, 0.2) is 30.3 Å². The van der Waals surface area contributed by atoms with Gasteiger partial charge in [-0.3, -0.25) is 4.90 Å². The van der Waals surface area contributed by atoms with Crippen LogP contribution in [0.5, 0.6) is 0 Å². The number of hydrogen-bond acceptors (Lipinski definition) is 4. The van der Waals surface area contributed by atoms with Crippen LogP contribution >= 0.6 is 0 Å². The second-order valence-electron chi connectivity index (χ2n) is 6.78. The molecule has 1 aliphatic heterocycles. The van der Waals surface area contributed by atoms with Crippen molar-refractivity contribution in [3.63, 3.8) is 0 Å². The summed E-state index contributed by atoms with van der Waals surface area (Å²) in [5.41, 5.74) is 0.882. The van der Waals surface area contributed by atoms with Gasteiger partial charge in [-0.15, -0.1) is 0 Å². The number of benzene rings is 1. The largest absolute Gasteiger partial charge is 0.437 e. The molecule has 0 atom stereocenters. The zero-order valence-corrected chi connectivity index (χ0v) is 13.2. The molecule has 1 saturated carbocycles. The van der Waals surface area contributed by atoms with Crippen LogP contribution in [0.1, 0.15) is 31.2 Å². The van der Waals surface area contributed by atoms with E-state index >= 15 is 0 Å². The van der Waals surface area contributed by atoms with Crippen LogP contribution in [0, 0.1) is 11.3 Å². The molecule has 0 spiro atoms. The molecule has 5 heteroatoms. The van der Waals surface area contributed by atoms with Gasteiger partial charge in [0.1, 0.15) is 0 Å². The number of nitrogens with zero attached hydrogens (tertiary/aromatic N) is 2. The van der Waals surface area contributed by atoms with Gasteiger partial charge in [-0.05, 0) is 38.1 Å². The third kappa shape index (κ3) is 3.05. The summed E-state index contributed by atoms with van der Waals surface area (Å²) in [5.74, 6) is 0. The fourth-order valence-corrected chi connectivity index (χ4v) is 3.94. The molecule has 1 aromatic rings. The van der Waals surface area contributed by atoms with E-state index < -0.39 is 7.05 Å². The summed E-state index contributed by atoms with van der Waals surface area (Å²) in [6.45, 7) is 3.80. The second kappa shape index (κ2) is 6.41. The molecule has 2 fully saturated rings. The van der Waals surface area contributed by atoms with E-state index in [0.717, 1.165) is 38.8 Å². The zero-order valence-electron chi connectivity index (χ0n) is 13.2. The van der Waals surface area contributed by atoms with Gasteiger partial charge in [0, 0.05) is 25.2 Å². The predicted octanol–water partition coefficient (Wildman–Crippen LogP) is 1.77. The Morgan fingerprint density at radius 2 is 1.91 bits per heavy atom. The molecule has 1 aliphatic carbocycles. The fourth-order valence-electron chi connectivity index (χ4n) is 3.94. The molecule has 22 heavy (non-hydrogen) atoms. The third-order valence-electron chi connectivity index (χ3n) is 5.25. The van der Waals surface area contributed by atoms with Crippen molar-refractivity contribution < 1.29 is 5.02 Å². The van der Waals surface area contributed by atoms with Crippen molar-refractivity contribution in [1.82, 2.24) is 10.1 Å². The first kappa shape index (κ1) is 15.5. The first-order valence-electron chi connectivity index (χ1n) is 8.28. The van der Waals surface area contributed by atoms with Gasteiger partial charge in [0.05, 0.1) is 11.5 Å². The van der Waals surface area contributed by atoms with Crippen LogP contribution in [-0.2, 0) is 5.41 Å². The molecule has 2 N–H and O–H groups in total. The van der Waals surface area contributed by atoms with E-state index in [1.807, 2.05) is 18.2 Å². The predicted molar refractivity (Wildman–Crippen MR) is 88.3 cm³/mol. The molecule has 1 heterocycles. The van der Waals surface area contributed by atoms with E-state index in [0.29, 0.717) is 12.1 Å². The van der Waals surface area contributed by atoms with Crippen LogP contribution in [-0.4, -0.2) is 42.1 Å². The highest BCUT2D eigenvalue weighted by molar-refractivity contribution is 6.45. The minimum absolute atomic E-state index is 0.292. The quantitative estimate of drug-likeness (QED) is 0.832. The zero-order chi connectivity index (χ0) is 15.6. The van der Waals surface area contributed by atoms with Crippen molar-refractivity contribution in [2.45, 2.75) is 50.0 Å². The Morgan fingerprint density at radius 1 is 1.27 bits per heavy atom. The molecule has 0 aromatic heterocycles. The van der Waals surface area contributed by atoms with E-state index in [4.69, 9.17) is 0 Å². The smallest absolute Gasteiger partial charge is 0.373 e. The second-order valence-corrected chi connectivity index (χ2v) is 6.78. The first-order valence-corrected chi connectivity index (χ1v) is 8.28. The molecular weight excluding hydrogens is 273 g/mol. The lowest BCUT2D eigenvalue weighted by atomic mass is 9.68. The maximum atomic E-state index is 9.73. The van der Waals surface area contributed by atoms with Crippen LogP contribution in [0.2, 0.25) is 6.82 Å². The molecule has 0 radical (unpaired) electrons. The summed E-state index contributed by atoms with van der Waals surface area (Å²) >= 11 is 0. The fraction of sp³-hybridized carbons (Fsp3) is 0.588. The van der Waals surface area contributed by atoms with Gasteiger partial charge in [-0.2, -0.15) is 5.26 Å². The van der Waals surface area contributed by atoms with E-state index in [1.165, 1.54) is 5.56 Å². The topological polar surface area (TPSA) is 59.3 Å². The van der Waals surface area contributed by atoms with Gasteiger partial charge in [-0.1, -0.05) is 30.3 Å². The normalized spacial score (nSPS) is 29.6. The van der Waals surface area contributed by atoms with E-state index in [2.05, 4.69) is 28.3 Å². The highest BCUT2D eigenvalue weighted by Crippen LogP contribution is 2.41. The number of likely N-dealkylation sites (tertiary alicyclic amines) is 1. The Morgan fingerprint density at radius 3 is 2.45 bits per heavy atom. The molecule has 3 rings (SSSR count). The van der Waals surface area contributed by atoms with Gasteiger partial charge in [0.15, 0.2) is 0 Å². The van der Waals surface area contributed by atoms with Crippen LogP contribution in [0.25, 0.3) is 0 Å². The summed E-state index contributed by atoms with van der Waals surface area (Å²) < 4.78 is 0. The molecule has 2 aliphatic rings. The summed E-state index contributed by atoms with van der Waals surface area (Å²) in [4.78, 5) is 2.49. The number of nitriles is 1. The monoisotopic (exact) mass is 297 g/mol. The van der Waals surface area contributed by atoms with Crippen molar-refractivity contribution >= 4 is 7.05 Å². The molecule has 116 valence electrons. The van der Waals surface area contributed by atoms with Crippen molar-refractivity contribution in [2.75, 3.05) is 13.1 Å². The lowest BCUT2D eigenvalue weighted by molar-refractivity contribution is 0.0542. The van der Waals surface area contributed by atoms with Gasteiger partial charge >= 0.3 is 7.05 Å². The van der Waals surface area contributed by atoms with Crippen molar-refractivity contribution in [2.24, 2.45) is 0 Å². The van der Waals surface area contributed by atoms with Gasteiger partial charge < -0.3 is 10.3 Å². The molecule has 1 aromatic carbocycles. The summed E-state index contributed by atoms with van der Waals surface area (Å²) in [6, 6.07) is 13.9. The Bertz CT molecular complexity index is 529. The van der Waals surface area contributed by atoms with Crippen molar-refractivity contribution in [3.05, 3.63) is 35.9 Å². The maximum absolute atomic E-state index is 9.73. The van der Waals surface area contributed by atoms with E-state index in [9.17, 15) is 10.3 Å². The third-order valence-corrected chi connectivity index (χ3v) is 5.25. The van der Waals surface area contributed by atoms with Crippen molar-refractivity contribution in [1.29, 1.82) is 5.26 Å². The molecular formula is C17H24BN3O. The Kier molecular flexibility index (Phi) is 4.53. The van der Waals surface area contributed by atoms with Crippen molar-refractivity contribution in [3.8, 4) is 6.07 Å². The molecule has 0 unspecified atom stereocenters. The van der Waals surface area contributed by atoms with Gasteiger partial charge in [-0.25, -0.2) is 0 Å². The average molecular weight is 297 g/mol. The lowest BCUT2D eigenvalue weighted by Crippen LogP contribution is -2.64. The lowest BCUT2D eigenvalue weighted by Gasteiger charge is -2.48. The number of hydrogen-bond donors (Lipinski definition) is 2. The molecule has 0 bridgehead atoms. The number of rotatable bonds is 4. The molecule has 0 amide bonds. The minimum atomic E-state index is -0.428. The highest BCUT2D eigenvalue weighted by atomic mass is 16.2. The Hall–Kier alpha value is -1.35. The first-order chi connectivity index (χ1) is 10.6. The van der Waals surface area contributed by atoms with Crippen LogP contribution < -0.4 is 5.23 Å². The minimum Gasteiger partial charge on any atom is -0.437 e. The van der Waals surface area contributed by atoms with Gasteiger partial charge in [0.2, 0.25) is 0 Å². The highest BCUT2D eigenvalue weighted by Gasteiger charge is 2.41. The molecule has 1 saturated heterocycles. The van der Waals surface area contributed by atoms with Crippen LogP contribution in [0.4, 0.5) is 0 Å². The van der Waals surface area contributed by atoms with E-state index in [-0.39, 0.29) is 5.41 Å². The summed E-state index contributed by atoms with van der Waals surface area (Å²) in [5, 5.41) is 22.2. The SMILES string of the molecule is CB(O)NC1CN(C2CCC(C#N)(c3ccccc3)CC2)C1. The van der Waals surface area contributed by atoms with E-state index in [1.54, 1.807) is 6.82 Å². The maximum Gasteiger partial charge on any atom is 0.373 e. The summed E-state index contributed by atoms with van der Waals surface area (Å²) in [6.07, 6.45) is 4.07. The van der Waals surface area contributed by atoms with Gasteiger partial charge in [0.25, 0.3) is 0 Å². The number of nitrogens with one attached hydrogen (secondary N) is 1. The Balaban J connectivity index is 1.56. The standard InChI is InChI=1S/C17H24BN3O/c1-18(22)20-15-11-21(12-15)16-7-9-17(13-19,10-8-16)14-5-3-2-4-6-14/h2-6,15-16,20,22H,7-12H2,1H3.